The van der Waals surface area contributed by atoms with E-state index in [9.17, 15) is 0 Å². The van der Waals surface area contributed by atoms with Gasteiger partial charge >= 0.3 is 0 Å². The lowest BCUT2D eigenvalue weighted by molar-refractivity contribution is 0.208. The van der Waals surface area contributed by atoms with Crippen molar-refractivity contribution in [1.82, 2.24) is 9.88 Å². The van der Waals surface area contributed by atoms with Gasteiger partial charge in [0.2, 0.25) is 0 Å². The summed E-state index contributed by atoms with van der Waals surface area (Å²) in [7, 11) is 0. The Kier molecular flexibility index (Phi) is 4.43. The van der Waals surface area contributed by atoms with Crippen LogP contribution in [0.15, 0.2) is 66.9 Å². The van der Waals surface area contributed by atoms with E-state index < -0.39 is 0 Å². The Morgan fingerprint density at radius 3 is 2.75 bits per heavy atom. The van der Waals surface area contributed by atoms with E-state index in [1.54, 1.807) is 0 Å². The molecule has 1 saturated heterocycles. The highest BCUT2D eigenvalue weighted by molar-refractivity contribution is 5.91. The lowest BCUT2D eigenvalue weighted by Crippen LogP contribution is -2.41. The topological polar surface area (TPSA) is 28.2 Å². The predicted molar refractivity (Wildman–Crippen MR) is 100 cm³/mol. The number of hydrogen-bond acceptors (Lipinski definition) is 3. The van der Waals surface area contributed by atoms with Crippen LogP contribution in [-0.4, -0.2) is 29.0 Å². The highest BCUT2D eigenvalue weighted by Crippen LogP contribution is 2.23. The zero-order valence-corrected chi connectivity index (χ0v) is 13.9. The summed E-state index contributed by atoms with van der Waals surface area (Å²) in [6.07, 6.45) is 4.33. The summed E-state index contributed by atoms with van der Waals surface area (Å²) in [5.74, 6) is 1.01. The fraction of sp³-hybridized carbons (Fsp3) is 0.286. The van der Waals surface area contributed by atoms with Crippen LogP contribution in [0.4, 0.5) is 5.82 Å². The van der Waals surface area contributed by atoms with Crippen LogP contribution in [-0.2, 0) is 6.54 Å². The molecule has 0 radical (unpaired) electrons. The molecule has 0 saturated carbocycles. The zero-order chi connectivity index (χ0) is 16.2. The second-order valence-corrected chi connectivity index (χ2v) is 6.58. The molecule has 0 amide bonds. The highest BCUT2D eigenvalue weighted by Gasteiger charge is 2.20. The van der Waals surface area contributed by atoms with Crippen LogP contribution in [0.1, 0.15) is 18.4 Å². The number of nitrogens with zero attached hydrogens (tertiary/aromatic N) is 2. The highest BCUT2D eigenvalue weighted by atomic mass is 15.2. The second-order valence-electron chi connectivity index (χ2n) is 6.58. The normalized spacial score (nSPS) is 18.6. The van der Waals surface area contributed by atoms with Crippen LogP contribution in [0, 0.1) is 0 Å². The van der Waals surface area contributed by atoms with Gasteiger partial charge in [0.15, 0.2) is 0 Å². The minimum absolute atomic E-state index is 0.459. The Balaban J connectivity index is 1.46. The van der Waals surface area contributed by atoms with E-state index in [1.807, 2.05) is 6.20 Å². The van der Waals surface area contributed by atoms with E-state index in [1.165, 1.54) is 35.7 Å². The molecule has 4 rings (SSSR count). The first-order chi connectivity index (χ1) is 11.9. The van der Waals surface area contributed by atoms with Gasteiger partial charge in [-0.1, -0.05) is 54.6 Å². The number of benzene rings is 2. The first-order valence-electron chi connectivity index (χ1n) is 8.75. The molecule has 2 aromatic carbocycles. The van der Waals surface area contributed by atoms with Gasteiger partial charge in [0, 0.05) is 30.7 Å². The van der Waals surface area contributed by atoms with Gasteiger partial charge < -0.3 is 5.32 Å². The third kappa shape index (κ3) is 3.41. The van der Waals surface area contributed by atoms with E-state index in [-0.39, 0.29) is 0 Å². The molecule has 1 unspecified atom stereocenters. The average Bonchev–Trinajstić information content (AvgIpc) is 2.63. The number of pyridine rings is 1. The minimum atomic E-state index is 0.459. The first-order valence-corrected chi connectivity index (χ1v) is 8.75. The summed E-state index contributed by atoms with van der Waals surface area (Å²) in [6, 6.07) is 21.7. The van der Waals surface area contributed by atoms with Gasteiger partial charge in [-0.3, -0.25) is 4.90 Å². The number of fused-ring (bicyclic) bond motifs is 1. The molecule has 1 aliphatic rings. The van der Waals surface area contributed by atoms with Crippen molar-refractivity contribution >= 4 is 16.6 Å². The summed E-state index contributed by atoms with van der Waals surface area (Å²) in [5.41, 5.74) is 1.39. The van der Waals surface area contributed by atoms with E-state index in [0.29, 0.717) is 6.04 Å². The molecule has 3 heteroatoms. The molecule has 1 N–H and O–H groups in total. The van der Waals surface area contributed by atoms with Gasteiger partial charge in [0.05, 0.1) is 0 Å². The van der Waals surface area contributed by atoms with Crippen LogP contribution in [0.2, 0.25) is 0 Å². The standard InChI is InChI=1S/C21H23N3/c1-2-7-17(8-3-1)15-24-14-6-10-19(16-24)23-21-20-11-5-4-9-18(20)12-13-22-21/h1-5,7-9,11-13,19H,6,10,14-16H2,(H,22,23). The molecule has 1 aliphatic heterocycles. The fourth-order valence-electron chi connectivity index (χ4n) is 3.59. The maximum Gasteiger partial charge on any atom is 0.134 e. The summed E-state index contributed by atoms with van der Waals surface area (Å²) in [5, 5.41) is 6.14. The van der Waals surface area contributed by atoms with Gasteiger partial charge in [-0.25, -0.2) is 4.98 Å². The molecule has 122 valence electrons. The first kappa shape index (κ1) is 15.2. The van der Waals surface area contributed by atoms with Crippen LogP contribution < -0.4 is 5.32 Å². The summed E-state index contributed by atoms with van der Waals surface area (Å²) in [4.78, 5) is 7.12. The number of anilines is 1. The van der Waals surface area contributed by atoms with Crippen LogP contribution in [0.25, 0.3) is 10.8 Å². The molecule has 1 fully saturated rings. The molecule has 24 heavy (non-hydrogen) atoms. The molecule has 3 aromatic rings. The molecule has 0 spiro atoms. The molecule has 3 nitrogen and oxygen atoms in total. The third-order valence-electron chi connectivity index (χ3n) is 4.77. The summed E-state index contributed by atoms with van der Waals surface area (Å²) in [6.45, 7) is 3.28. The maximum atomic E-state index is 4.58. The number of aromatic nitrogens is 1. The number of rotatable bonds is 4. The van der Waals surface area contributed by atoms with E-state index in [4.69, 9.17) is 0 Å². The number of piperidine rings is 1. The molecule has 1 atom stereocenters. The van der Waals surface area contributed by atoms with E-state index in [0.717, 1.165) is 18.9 Å². The molecule has 1 aromatic heterocycles. The lowest BCUT2D eigenvalue weighted by atomic mass is 10.0. The quantitative estimate of drug-likeness (QED) is 0.777. The lowest BCUT2D eigenvalue weighted by Gasteiger charge is -2.33. The molecular formula is C21H23N3. The molecular weight excluding hydrogens is 294 g/mol. The van der Waals surface area contributed by atoms with Crippen molar-refractivity contribution in [2.75, 3.05) is 18.4 Å². The van der Waals surface area contributed by atoms with Crippen molar-refractivity contribution in [3.63, 3.8) is 0 Å². The maximum absolute atomic E-state index is 4.58. The van der Waals surface area contributed by atoms with Gasteiger partial charge in [0.25, 0.3) is 0 Å². The van der Waals surface area contributed by atoms with Gasteiger partial charge in [-0.2, -0.15) is 0 Å². The molecule has 2 heterocycles. The summed E-state index contributed by atoms with van der Waals surface area (Å²) >= 11 is 0. The zero-order valence-electron chi connectivity index (χ0n) is 13.9. The third-order valence-corrected chi connectivity index (χ3v) is 4.77. The molecule has 0 bridgehead atoms. The Bertz CT molecular complexity index is 795. The van der Waals surface area contributed by atoms with Crippen LogP contribution >= 0.6 is 0 Å². The number of hydrogen-bond donors (Lipinski definition) is 1. The van der Waals surface area contributed by atoms with Crippen LogP contribution in [0.5, 0.6) is 0 Å². The Hall–Kier alpha value is -2.39. The van der Waals surface area contributed by atoms with Crippen LogP contribution in [0.3, 0.4) is 0 Å². The van der Waals surface area contributed by atoms with Crippen molar-refractivity contribution < 1.29 is 0 Å². The Morgan fingerprint density at radius 2 is 1.83 bits per heavy atom. The van der Waals surface area contributed by atoms with Gasteiger partial charge in [0.1, 0.15) is 5.82 Å². The number of nitrogens with one attached hydrogen (secondary N) is 1. The monoisotopic (exact) mass is 317 g/mol. The SMILES string of the molecule is c1ccc(CN2CCCC(Nc3nccc4ccccc34)C2)cc1. The van der Waals surface area contributed by atoms with Gasteiger partial charge in [-0.15, -0.1) is 0 Å². The van der Waals surface area contributed by atoms with Gasteiger partial charge in [-0.05, 0) is 36.4 Å². The summed E-state index contributed by atoms with van der Waals surface area (Å²) < 4.78 is 0. The van der Waals surface area contributed by atoms with Crippen molar-refractivity contribution in [1.29, 1.82) is 0 Å². The van der Waals surface area contributed by atoms with Crippen molar-refractivity contribution in [3.8, 4) is 0 Å². The van der Waals surface area contributed by atoms with Crippen molar-refractivity contribution in [3.05, 3.63) is 72.4 Å². The average molecular weight is 317 g/mol. The number of likely N-dealkylation sites (tertiary alicyclic amines) is 1. The largest absolute Gasteiger partial charge is 0.366 e. The van der Waals surface area contributed by atoms with Crippen molar-refractivity contribution in [2.45, 2.75) is 25.4 Å². The fourth-order valence-corrected chi connectivity index (χ4v) is 3.59. The van der Waals surface area contributed by atoms with Crippen molar-refractivity contribution in [2.24, 2.45) is 0 Å². The minimum Gasteiger partial charge on any atom is -0.366 e. The smallest absolute Gasteiger partial charge is 0.134 e. The molecule has 0 aliphatic carbocycles. The Labute approximate surface area is 143 Å². The van der Waals surface area contributed by atoms with E-state index in [2.05, 4.69) is 75.9 Å². The Morgan fingerprint density at radius 1 is 1.00 bits per heavy atom. The second kappa shape index (κ2) is 7.02. The predicted octanol–water partition coefficient (Wildman–Crippen LogP) is 4.31. The van der Waals surface area contributed by atoms with E-state index >= 15 is 0 Å².